The summed E-state index contributed by atoms with van der Waals surface area (Å²) in [4.78, 5) is 4.71. The van der Waals surface area contributed by atoms with Crippen molar-refractivity contribution in [3.63, 3.8) is 0 Å². The predicted molar refractivity (Wildman–Crippen MR) is 31.9 cm³/mol. The molecule has 0 saturated carbocycles. The molecule has 0 atom stereocenters. The molecular weight excluding hydrogens is 132 g/mol. The zero-order valence-corrected chi connectivity index (χ0v) is 5.23. The highest BCUT2D eigenvalue weighted by molar-refractivity contribution is 5.18. The fraction of sp³-hybridized carbons (Fsp3) is 0.400. The second-order valence-electron chi connectivity index (χ2n) is 2.06. The van der Waals surface area contributed by atoms with Gasteiger partial charge < -0.3 is 5.21 Å². The Morgan fingerprint density at radius 3 is 3.30 bits per heavy atom. The van der Waals surface area contributed by atoms with E-state index in [4.69, 9.17) is 5.21 Å². The van der Waals surface area contributed by atoms with E-state index in [1.54, 1.807) is 0 Å². The maximum atomic E-state index is 8.93. The first-order valence-corrected chi connectivity index (χ1v) is 3.03. The van der Waals surface area contributed by atoms with Gasteiger partial charge in [-0.05, 0) is 11.6 Å². The Hall–Kier alpha value is -1.39. The van der Waals surface area contributed by atoms with E-state index < -0.39 is 0 Å². The van der Waals surface area contributed by atoms with Crippen LogP contribution in [0.15, 0.2) is 4.99 Å². The van der Waals surface area contributed by atoms with E-state index in [0.717, 1.165) is 6.42 Å². The molecule has 0 aromatic carbocycles. The van der Waals surface area contributed by atoms with E-state index in [2.05, 4.69) is 15.3 Å². The van der Waals surface area contributed by atoms with Crippen molar-refractivity contribution < 1.29 is 5.21 Å². The minimum absolute atomic E-state index is 0.464. The third-order valence-electron chi connectivity index (χ3n) is 1.38. The second kappa shape index (κ2) is 1.80. The number of fused-ring (bicyclic) bond motifs is 1. The summed E-state index contributed by atoms with van der Waals surface area (Å²) in [7, 11) is 0. The molecule has 5 nitrogen and oxygen atoms in total. The van der Waals surface area contributed by atoms with Crippen molar-refractivity contribution in [2.45, 2.75) is 6.42 Å². The topological polar surface area (TPSA) is 63.3 Å². The van der Waals surface area contributed by atoms with Crippen LogP contribution in [-0.2, 0) is 0 Å². The van der Waals surface area contributed by atoms with Crippen LogP contribution in [0.5, 0.6) is 0 Å². The monoisotopic (exact) mass is 138 g/mol. The highest BCUT2D eigenvalue weighted by atomic mass is 16.5. The summed E-state index contributed by atoms with van der Waals surface area (Å²) in [5, 5.41) is 16.7. The molecule has 0 unspecified atom stereocenters. The molecule has 1 N–H and O–H groups in total. The van der Waals surface area contributed by atoms with Gasteiger partial charge in [-0.1, -0.05) is 10.9 Å². The first-order chi connectivity index (χ1) is 4.88. The summed E-state index contributed by atoms with van der Waals surface area (Å²) in [6.07, 6.45) is 2.79. The van der Waals surface area contributed by atoms with Crippen molar-refractivity contribution in [3.05, 3.63) is 10.8 Å². The molecule has 2 heterocycles. The Kier molecular flexibility index (Phi) is 0.969. The lowest BCUT2D eigenvalue weighted by Crippen LogP contribution is -2.32. The van der Waals surface area contributed by atoms with Crippen LogP contribution in [0.4, 0.5) is 0 Å². The molecule has 0 spiro atoms. The Balaban J connectivity index is 2.89. The average Bonchev–Trinajstić information content (AvgIpc) is 2.34. The van der Waals surface area contributed by atoms with Crippen molar-refractivity contribution in [1.29, 1.82) is 0 Å². The van der Waals surface area contributed by atoms with E-state index in [9.17, 15) is 0 Å². The van der Waals surface area contributed by atoms with Crippen LogP contribution >= 0.6 is 0 Å². The van der Waals surface area contributed by atoms with Crippen molar-refractivity contribution in [3.8, 4) is 0 Å². The van der Waals surface area contributed by atoms with Gasteiger partial charge in [-0.25, -0.2) is 0 Å². The van der Waals surface area contributed by atoms with Gasteiger partial charge in [-0.2, -0.15) is 0 Å². The van der Waals surface area contributed by atoms with Crippen molar-refractivity contribution in [2.75, 3.05) is 6.54 Å². The van der Waals surface area contributed by atoms with Gasteiger partial charge in [0.25, 0.3) is 0 Å². The lowest BCUT2D eigenvalue weighted by atomic mass is 10.3. The van der Waals surface area contributed by atoms with E-state index in [1.807, 2.05) is 6.08 Å². The molecule has 2 rings (SSSR count). The smallest absolute Gasteiger partial charge is 0.214 e. The molecule has 52 valence electrons. The third kappa shape index (κ3) is 0.601. The molecule has 0 saturated heterocycles. The fourth-order valence-electron chi connectivity index (χ4n) is 0.928. The van der Waals surface area contributed by atoms with Crippen LogP contribution in [0.3, 0.4) is 0 Å². The number of nitrogens with zero attached hydrogens (tertiary/aromatic N) is 4. The van der Waals surface area contributed by atoms with Gasteiger partial charge in [0.05, 0.1) is 0 Å². The number of hydrogen-bond donors (Lipinski definition) is 1. The molecule has 10 heavy (non-hydrogen) atoms. The molecular formula is C5H6N4O. The average molecular weight is 138 g/mol. The van der Waals surface area contributed by atoms with Gasteiger partial charge in [0.1, 0.15) is 5.35 Å². The second-order valence-corrected chi connectivity index (χ2v) is 2.06. The number of aromatic nitrogens is 3. The SMILES string of the molecule is On1nnc2c1=NCCC=2. The molecule has 0 radical (unpaired) electrons. The summed E-state index contributed by atoms with van der Waals surface area (Å²) in [5.74, 6) is 0. The number of hydrogen-bond acceptors (Lipinski definition) is 4. The van der Waals surface area contributed by atoms with E-state index in [1.165, 1.54) is 0 Å². The molecule has 0 bridgehead atoms. The quantitative estimate of drug-likeness (QED) is 0.435. The largest absolute Gasteiger partial charge is 0.409 e. The lowest BCUT2D eigenvalue weighted by molar-refractivity contribution is 0.131. The molecule has 5 heteroatoms. The lowest BCUT2D eigenvalue weighted by Gasteiger charge is -1.91. The highest BCUT2D eigenvalue weighted by Gasteiger charge is 2.00. The standard InChI is InChI=1S/C5H6N4O/c10-9-5-4(7-8-9)2-1-3-6-5/h2,10H,1,3H2. The Morgan fingerprint density at radius 1 is 1.60 bits per heavy atom. The summed E-state index contributed by atoms with van der Waals surface area (Å²) in [6, 6.07) is 0. The van der Waals surface area contributed by atoms with E-state index in [0.29, 0.717) is 22.2 Å². The summed E-state index contributed by atoms with van der Waals surface area (Å²) >= 11 is 0. The van der Waals surface area contributed by atoms with Crippen LogP contribution in [0.1, 0.15) is 6.42 Å². The summed E-state index contributed by atoms with van der Waals surface area (Å²) in [6.45, 7) is 0.709. The minimum Gasteiger partial charge on any atom is -0.409 e. The molecule has 0 amide bonds. The molecule has 1 aromatic rings. The van der Waals surface area contributed by atoms with Crippen LogP contribution in [0, 0.1) is 0 Å². The van der Waals surface area contributed by atoms with Gasteiger partial charge in [0.2, 0.25) is 5.49 Å². The van der Waals surface area contributed by atoms with Gasteiger partial charge >= 0.3 is 0 Å². The van der Waals surface area contributed by atoms with Gasteiger partial charge in [-0.3, -0.25) is 4.99 Å². The predicted octanol–water partition coefficient (Wildman–Crippen LogP) is -1.68. The molecule has 1 aromatic heterocycles. The molecule has 0 fully saturated rings. The molecule has 0 aliphatic carbocycles. The first-order valence-electron chi connectivity index (χ1n) is 3.03. The Labute approximate surface area is 56.3 Å². The van der Waals surface area contributed by atoms with E-state index in [-0.39, 0.29) is 0 Å². The zero-order chi connectivity index (χ0) is 6.97. The highest BCUT2D eigenvalue weighted by Crippen LogP contribution is 1.82. The van der Waals surface area contributed by atoms with Gasteiger partial charge in [-0.15, -0.1) is 5.10 Å². The van der Waals surface area contributed by atoms with Gasteiger partial charge in [0, 0.05) is 6.54 Å². The Bertz CT molecular complexity index is 352. The summed E-state index contributed by atoms with van der Waals surface area (Å²) < 4.78 is 0. The summed E-state index contributed by atoms with van der Waals surface area (Å²) in [5.41, 5.74) is 0.464. The van der Waals surface area contributed by atoms with Crippen LogP contribution in [-0.4, -0.2) is 26.9 Å². The first kappa shape index (κ1) is 5.40. The molecule has 1 aliphatic rings. The number of rotatable bonds is 0. The minimum atomic E-state index is 0.464. The van der Waals surface area contributed by atoms with E-state index >= 15 is 0 Å². The fourth-order valence-corrected chi connectivity index (χ4v) is 0.928. The maximum Gasteiger partial charge on any atom is 0.214 e. The Morgan fingerprint density at radius 2 is 2.50 bits per heavy atom. The van der Waals surface area contributed by atoms with Crippen molar-refractivity contribution in [2.24, 2.45) is 4.99 Å². The molecule has 1 aliphatic heterocycles. The zero-order valence-electron chi connectivity index (χ0n) is 5.23. The third-order valence-corrected chi connectivity index (χ3v) is 1.38. The van der Waals surface area contributed by atoms with Crippen molar-refractivity contribution >= 4 is 6.08 Å². The normalized spacial score (nSPS) is 15.2. The van der Waals surface area contributed by atoms with Gasteiger partial charge in [0.15, 0.2) is 0 Å². The van der Waals surface area contributed by atoms with Crippen LogP contribution in [0.25, 0.3) is 6.08 Å². The van der Waals surface area contributed by atoms with Crippen LogP contribution in [0.2, 0.25) is 0 Å². The van der Waals surface area contributed by atoms with Crippen LogP contribution < -0.4 is 10.8 Å². The maximum absolute atomic E-state index is 8.93. The van der Waals surface area contributed by atoms with Crippen molar-refractivity contribution in [1.82, 2.24) is 15.2 Å².